The fourth-order valence-electron chi connectivity index (χ4n) is 2.39. The van der Waals surface area contributed by atoms with Gasteiger partial charge in [-0.2, -0.15) is 0 Å². The molecular weight excluding hydrogens is 178 g/mol. The predicted molar refractivity (Wildman–Crippen MR) is 55.4 cm³/mol. The van der Waals surface area contributed by atoms with Gasteiger partial charge < -0.3 is 14.8 Å². The van der Waals surface area contributed by atoms with Gasteiger partial charge in [-0.25, -0.2) is 0 Å². The van der Waals surface area contributed by atoms with Crippen LogP contribution < -0.4 is 5.32 Å². The van der Waals surface area contributed by atoms with Crippen LogP contribution in [0.5, 0.6) is 0 Å². The molecule has 2 aliphatic rings. The van der Waals surface area contributed by atoms with Crippen molar-refractivity contribution in [2.45, 2.75) is 38.3 Å². The summed E-state index contributed by atoms with van der Waals surface area (Å²) in [5.74, 6) is 0.833. The fraction of sp³-hybridized carbons (Fsp3) is 1.00. The van der Waals surface area contributed by atoms with Gasteiger partial charge in [0.15, 0.2) is 0 Å². The molecule has 0 spiro atoms. The lowest BCUT2D eigenvalue weighted by Crippen LogP contribution is -2.42. The Hall–Kier alpha value is -0.120. The van der Waals surface area contributed by atoms with E-state index >= 15 is 0 Å². The first-order valence-corrected chi connectivity index (χ1v) is 5.79. The summed E-state index contributed by atoms with van der Waals surface area (Å²) in [6.07, 6.45) is 4.35. The second-order valence-corrected chi connectivity index (χ2v) is 4.49. The zero-order chi connectivity index (χ0) is 9.80. The monoisotopic (exact) mass is 199 g/mol. The molecule has 1 heterocycles. The zero-order valence-corrected chi connectivity index (χ0v) is 9.00. The van der Waals surface area contributed by atoms with Gasteiger partial charge in [-0.3, -0.25) is 0 Å². The highest BCUT2D eigenvalue weighted by Gasteiger charge is 2.24. The molecule has 3 unspecified atom stereocenters. The first kappa shape index (κ1) is 10.4. The summed E-state index contributed by atoms with van der Waals surface area (Å²) >= 11 is 0. The average Bonchev–Trinajstić information content (AvgIpc) is 2.63. The maximum Gasteiger partial charge on any atom is 0.0933 e. The number of rotatable bonds is 3. The maximum atomic E-state index is 5.59. The number of ether oxygens (including phenoxy) is 2. The Bertz CT molecular complexity index is 169. The van der Waals surface area contributed by atoms with Crippen LogP contribution >= 0.6 is 0 Å². The van der Waals surface area contributed by atoms with Gasteiger partial charge in [0.05, 0.1) is 25.9 Å². The standard InChI is InChI=1S/C11H21NO2/c1-9-3-2-4-11(9)12-7-10-8-13-5-6-14-10/h9-12H,2-8H2,1H3. The third-order valence-corrected chi connectivity index (χ3v) is 3.35. The van der Waals surface area contributed by atoms with E-state index in [-0.39, 0.29) is 6.10 Å². The van der Waals surface area contributed by atoms with E-state index in [1.165, 1.54) is 19.3 Å². The minimum Gasteiger partial charge on any atom is -0.376 e. The summed E-state index contributed by atoms with van der Waals surface area (Å²) < 4.78 is 10.9. The summed E-state index contributed by atoms with van der Waals surface area (Å²) in [6, 6.07) is 0.709. The number of nitrogens with one attached hydrogen (secondary N) is 1. The molecule has 82 valence electrons. The highest BCUT2D eigenvalue weighted by atomic mass is 16.6. The summed E-state index contributed by atoms with van der Waals surface area (Å²) in [7, 11) is 0. The molecule has 3 heteroatoms. The smallest absolute Gasteiger partial charge is 0.0933 e. The first-order valence-electron chi connectivity index (χ1n) is 5.79. The molecule has 0 aromatic rings. The Morgan fingerprint density at radius 2 is 2.21 bits per heavy atom. The van der Waals surface area contributed by atoms with Gasteiger partial charge in [-0.15, -0.1) is 0 Å². The maximum absolute atomic E-state index is 5.59. The van der Waals surface area contributed by atoms with Crippen LogP contribution in [0.3, 0.4) is 0 Å². The average molecular weight is 199 g/mol. The van der Waals surface area contributed by atoms with Crippen molar-refractivity contribution in [2.75, 3.05) is 26.4 Å². The SMILES string of the molecule is CC1CCCC1NCC1COCCO1. The van der Waals surface area contributed by atoms with E-state index in [1.807, 2.05) is 0 Å². The van der Waals surface area contributed by atoms with Gasteiger partial charge in [-0.05, 0) is 18.8 Å². The van der Waals surface area contributed by atoms with Crippen molar-refractivity contribution in [1.29, 1.82) is 0 Å². The molecule has 0 radical (unpaired) electrons. The molecule has 1 N–H and O–H groups in total. The van der Waals surface area contributed by atoms with E-state index in [9.17, 15) is 0 Å². The lowest BCUT2D eigenvalue weighted by molar-refractivity contribution is -0.0872. The van der Waals surface area contributed by atoms with Crippen molar-refractivity contribution in [3.8, 4) is 0 Å². The Labute approximate surface area is 86.2 Å². The molecule has 2 rings (SSSR count). The van der Waals surface area contributed by atoms with Crippen LogP contribution in [0.25, 0.3) is 0 Å². The molecule has 3 nitrogen and oxygen atoms in total. The van der Waals surface area contributed by atoms with Crippen LogP contribution in [0, 0.1) is 5.92 Å². The molecule has 1 aliphatic heterocycles. The highest BCUT2D eigenvalue weighted by molar-refractivity contribution is 4.81. The molecule has 0 aromatic heterocycles. The summed E-state index contributed by atoms with van der Waals surface area (Å²) in [6.45, 7) is 5.56. The van der Waals surface area contributed by atoms with Gasteiger partial charge in [-0.1, -0.05) is 13.3 Å². The lowest BCUT2D eigenvalue weighted by Gasteiger charge is -2.26. The predicted octanol–water partition coefficient (Wildman–Crippen LogP) is 1.18. The van der Waals surface area contributed by atoms with E-state index in [0.717, 1.165) is 32.3 Å². The van der Waals surface area contributed by atoms with Crippen LogP contribution in [0.4, 0.5) is 0 Å². The Balaban J connectivity index is 1.65. The van der Waals surface area contributed by atoms with Crippen molar-refractivity contribution < 1.29 is 9.47 Å². The summed E-state index contributed by atoms with van der Waals surface area (Å²) in [5.41, 5.74) is 0. The Kier molecular flexibility index (Phi) is 3.79. The quantitative estimate of drug-likeness (QED) is 0.740. The second-order valence-electron chi connectivity index (χ2n) is 4.49. The van der Waals surface area contributed by atoms with E-state index in [4.69, 9.17) is 9.47 Å². The van der Waals surface area contributed by atoms with Gasteiger partial charge in [0.25, 0.3) is 0 Å². The van der Waals surface area contributed by atoms with Crippen LogP contribution in [0.2, 0.25) is 0 Å². The van der Waals surface area contributed by atoms with Crippen LogP contribution in [0.1, 0.15) is 26.2 Å². The molecule has 3 atom stereocenters. The fourth-order valence-corrected chi connectivity index (χ4v) is 2.39. The summed E-state index contributed by atoms with van der Waals surface area (Å²) in [5, 5.41) is 3.60. The first-order chi connectivity index (χ1) is 6.86. The second kappa shape index (κ2) is 5.10. The number of hydrogen-bond donors (Lipinski definition) is 1. The third-order valence-electron chi connectivity index (χ3n) is 3.35. The minimum absolute atomic E-state index is 0.275. The van der Waals surface area contributed by atoms with Crippen LogP contribution in [-0.4, -0.2) is 38.5 Å². The molecule has 1 saturated heterocycles. The third kappa shape index (κ3) is 2.69. The van der Waals surface area contributed by atoms with Gasteiger partial charge in [0, 0.05) is 12.6 Å². The highest BCUT2D eigenvalue weighted by Crippen LogP contribution is 2.24. The van der Waals surface area contributed by atoms with Crippen LogP contribution in [0.15, 0.2) is 0 Å². The van der Waals surface area contributed by atoms with Gasteiger partial charge in [0.2, 0.25) is 0 Å². The Morgan fingerprint density at radius 1 is 1.29 bits per heavy atom. The Morgan fingerprint density at radius 3 is 2.86 bits per heavy atom. The molecule has 14 heavy (non-hydrogen) atoms. The molecule has 0 aromatic carbocycles. The molecule has 1 saturated carbocycles. The minimum atomic E-state index is 0.275. The normalized spacial score (nSPS) is 38.8. The summed E-state index contributed by atoms with van der Waals surface area (Å²) in [4.78, 5) is 0. The van der Waals surface area contributed by atoms with Crippen molar-refractivity contribution in [1.82, 2.24) is 5.32 Å². The topological polar surface area (TPSA) is 30.5 Å². The molecule has 1 aliphatic carbocycles. The van der Waals surface area contributed by atoms with Crippen molar-refractivity contribution in [3.05, 3.63) is 0 Å². The van der Waals surface area contributed by atoms with Crippen LogP contribution in [-0.2, 0) is 9.47 Å². The van der Waals surface area contributed by atoms with E-state index < -0.39 is 0 Å². The molecular formula is C11H21NO2. The number of hydrogen-bond acceptors (Lipinski definition) is 3. The van der Waals surface area contributed by atoms with E-state index in [2.05, 4.69) is 12.2 Å². The van der Waals surface area contributed by atoms with E-state index in [0.29, 0.717) is 6.04 Å². The van der Waals surface area contributed by atoms with Crippen molar-refractivity contribution >= 4 is 0 Å². The largest absolute Gasteiger partial charge is 0.376 e. The zero-order valence-electron chi connectivity index (χ0n) is 9.00. The molecule has 2 fully saturated rings. The van der Waals surface area contributed by atoms with Crippen molar-refractivity contribution in [3.63, 3.8) is 0 Å². The van der Waals surface area contributed by atoms with Crippen molar-refractivity contribution in [2.24, 2.45) is 5.92 Å². The van der Waals surface area contributed by atoms with E-state index in [1.54, 1.807) is 0 Å². The molecule has 0 amide bonds. The molecule has 0 bridgehead atoms. The lowest BCUT2D eigenvalue weighted by atomic mass is 10.1. The van der Waals surface area contributed by atoms with Gasteiger partial charge >= 0.3 is 0 Å². The van der Waals surface area contributed by atoms with Gasteiger partial charge in [0.1, 0.15) is 0 Å².